The van der Waals surface area contributed by atoms with Gasteiger partial charge < -0.3 is 24.0 Å². The lowest BCUT2D eigenvalue weighted by molar-refractivity contribution is -0.00000609. The summed E-state index contributed by atoms with van der Waals surface area (Å²) in [5.41, 5.74) is 1.46. The third kappa shape index (κ3) is 6.09. The zero-order valence-electron chi connectivity index (χ0n) is 18.6. The van der Waals surface area contributed by atoms with Gasteiger partial charge in [-0.1, -0.05) is 91.3 Å². The van der Waals surface area contributed by atoms with E-state index in [1.807, 2.05) is 0 Å². The van der Waals surface area contributed by atoms with Crippen LogP contribution in [0, 0.1) is 0 Å². The second kappa shape index (κ2) is 12.9. The van der Waals surface area contributed by atoms with Gasteiger partial charge >= 0.3 is 0 Å². The molecule has 0 spiro atoms. The van der Waals surface area contributed by atoms with E-state index in [-0.39, 0.29) is 24.0 Å². The maximum atomic E-state index is 2.35. The first-order chi connectivity index (χ1) is 15.4. The van der Waals surface area contributed by atoms with Gasteiger partial charge in [0.25, 0.3) is 0 Å². The van der Waals surface area contributed by atoms with Crippen molar-refractivity contribution in [1.82, 2.24) is 0 Å². The minimum absolute atomic E-state index is 0. The molecular weight excluding hydrogens is 518 g/mol. The summed E-state index contributed by atoms with van der Waals surface area (Å²) in [7, 11) is -1.66. The van der Waals surface area contributed by atoms with Crippen molar-refractivity contribution >= 4 is 23.2 Å². The largest absolute Gasteiger partial charge is 1.00 e. The van der Waals surface area contributed by atoms with Crippen molar-refractivity contribution in [2.45, 2.75) is 32.1 Å². The molecule has 0 aliphatic heterocycles. The second-order valence-corrected chi connectivity index (χ2v) is 11.8. The Morgan fingerprint density at radius 1 is 0.406 bits per heavy atom. The van der Waals surface area contributed by atoms with E-state index in [2.05, 4.69) is 121 Å². The molecule has 0 bridgehead atoms. The van der Waals surface area contributed by atoms with E-state index in [9.17, 15) is 0 Å². The van der Waals surface area contributed by atoms with Crippen LogP contribution < -0.4 is 39.9 Å². The number of hydrogen-bond donors (Lipinski definition) is 0. The highest BCUT2D eigenvalue weighted by atomic mass is 127. The van der Waals surface area contributed by atoms with Gasteiger partial charge in [-0.25, -0.2) is 0 Å². The van der Waals surface area contributed by atoms with Crippen molar-refractivity contribution < 1.29 is 24.0 Å². The molecular formula is C30H32IP. The summed E-state index contributed by atoms with van der Waals surface area (Å²) >= 11 is 0. The average Bonchev–Trinajstić information content (AvgIpc) is 2.86. The Morgan fingerprint density at radius 2 is 0.781 bits per heavy atom. The van der Waals surface area contributed by atoms with Crippen molar-refractivity contribution in [2.24, 2.45) is 0 Å². The highest BCUT2D eigenvalue weighted by Crippen LogP contribution is 2.55. The molecule has 0 aromatic heterocycles. The third-order valence-electron chi connectivity index (χ3n) is 6.14. The molecule has 4 aromatic carbocycles. The minimum atomic E-state index is -1.66. The molecule has 0 radical (unpaired) electrons. The molecule has 0 aliphatic carbocycles. The van der Waals surface area contributed by atoms with E-state index >= 15 is 0 Å². The topological polar surface area (TPSA) is 0 Å². The first kappa shape index (κ1) is 24.7. The Bertz CT molecular complexity index is 921. The van der Waals surface area contributed by atoms with Crippen molar-refractivity contribution in [3.8, 4) is 0 Å². The van der Waals surface area contributed by atoms with Crippen LogP contribution in [-0.2, 0) is 6.42 Å². The minimum Gasteiger partial charge on any atom is -1.00 e. The summed E-state index contributed by atoms with van der Waals surface area (Å²) in [5, 5.41) is 4.49. The monoisotopic (exact) mass is 550 g/mol. The first-order valence-corrected chi connectivity index (χ1v) is 13.5. The van der Waals surface area contributed by atoms with E-state index < -0.39 is 7.26 Å². The van der Waals surface area contributed by atoms with Crippen LogP contribution in [0.5, 0.6) is 0 Å². The van der Waals surface area contributed by atoms with E-state index in [0.29, 0.717) is 0 Å². The Morgan fingerprint density at radius 3 is 1.22 bits per heavy atom. The molecule has 0 N–H and O–H groups in total. The normalized spacial score (nSPS) is 11.0. The lowest BCUT2D eigenvalue weighted by atomic mass is 10.1. The number of benzene rings is 4. The molecule has 0 unspecified atom stereocenters. The highest BCUT2D eigenvalue weighted by Gasteiger charge is 2.44. The Kier molecular flexibility index (Phi) is 9.96. The average molecular weight is 550 g/mol. The number of hydrogen-bond acceptors (Lipinski definition) is 0. The van der Waals surface area contributed by atoms with E-state index in [0.717, 1.165) is 0 Å². The summed E-state index contributed by atoms with van der Waals surface area (Å²) in [6, 6.07) is 44.6. The van der Waals surface area contributed by atoms with Crippen molar-refractivity contribution in [2.75, 3.05) is 6.16 Å². The fourth-order valence-corrected chi connectivity index (χ4v) is 8.97. The second-order valence-electron chi connectivity index (χ2n) is 8.19. The van der Waals surface area contributed by atoms with Gasteiger partial charge in [-0.15, -0.1) is 0 Å². The van der Waals surface area contributed by atoms with Gasteiger partial charge in [0.05, 0.1) is 6.16 Å². The summed E-state index contributed by atoms with van der Waals surface area (Å²) in [5.74, 6) is 0. The van der Waals surface area contributed by atoms with Crippen LogP contribution >= 0.6 is 7.26 Å². The first-order valence-electron chi connectivity index (χ1n) is 11.5. The lowest BCUT2D eigenvalue weighted by Crippen LogP contribution is -3.00. The Labute approximate surface area is 211 Å². The predicted molar refractivity (Wildman–Crippen MR) is 139 cm³/mol. The standard InChI is InChI=1S/C30H32P.HI/c1(7-17-27-18-8-3-9-19-27)2-16-26-31(28-20-10-4-11-21-28,29-22-12-5-13-23-29)30-24-14-6-15-25-30;/h3-6,8-15,18-25H,1-2,7,16-17,26H2;1H/q+1;/p-1. The highest BCUT2D eigenvalue weighted by molar-refractivity contribution is 7.95. The molecule has 4 aromatic rings. The molecule has 0 saturated heterocycles. The van der Waals surface area contributed by atoms with E-state index in [4.69, 9.17) is 0 Å². The molecule has 0 saturated carbocycles. The number of aryl methyl sites for hydroxylation is 1. The fourth-order valence-electron chi connectivity index (χ4n) is 4.56. The van der Waals surface area contributed by atoms with Gasteiger partial charge in [-0.05, 0) is 67.6 Å². The molecule has 2 heteroatoms. The summed E-state index contributed by atoms with van der Waals surface area (Å²) < 4.78 is 0. The molecule has 0 aliphatic rings. The number of halogens is 1. The zero-order chi connectivity index (χ0) is 21.2. The van der Waals surface area contributed by atoms with Gasteiger partial charge in [0, 0.05) is 0 Å². The third-order valence-corrected chi connectivity index (χ3v) is 10.7. The summed E-state index contributed by atoms with van der Waals surface area (Å²) in [4.78, 5) is 0. The van der Waals surface area contributed by atoms with Gasteiger partial charge in [-0.2, -0.15) is 0 Å². The maximum Gasteiger partial charge on any atom is 0.112 e. The predicted octanol–water partition coefficient (Wildman–Crippen LogP) is 3.79. The molecule has 32 heavy (non-hydrogen) atoms. The fraction of sp³-hybridized carbons (Fsp3) is 0.200. The van der Waals surface area contributed by atoms with Gasteiger partial charge in [0.15, 0.2) is 0 Å². The quantitative estimate of drug-likeness (QED) is 0.160. The number of rotatable bonds is 10. The molecule has 0 heterocycles. The summed E-state index contributed by atoms with van der Waals surface area (Å²) in [6.45, 7) is 0. The molecule has 0 atom stereocenters. The SMILES string of the molecule is [I-].c1ccc(CCCCCC[P+](c2ccccc2)(c2ccccc2)c2ccccc2)cc1. The smallest absolute Gasteiger partial charge is 0.112 e. The number of unbranched alkanes of at least 4 members (excludes halogenated alkanes) is 3. The van der Waals surface area contributed by atoms with Crippen LogP contribution in [0.2, 0.25) is 0 Å². The zero-order valence-corrected chi connectivity index (χ0v) is 21.7. The van der Waals surface area contributed by atoms with Crippen molar-refractivity contribution in [3.63, 3.8) is 0 Å². The van der Waals surface area contributed by atoms with Crippen molar-refractivity contribution in [1.29, 1.82) is 0 Å². The molecule has 0 nitrogen and oxygen atoms in total. The summed E-state index contributed by atoms with van der Waals surface area (Å²) in [6.07, 6.45) is 7.56. The van der Waals surface area contributed by atoms with Crippen LogP contribution in [0.25, 0.3) is 0 Å². The molecule has 4 rings (SSSR count). The van der Waals surface area contributed by atoms with Gasteiger partial charge in [0.1, 0.15) is 23.2 Å². The van der Waals surface area contributed by atoms with Crippen molar-refractivity contribution in [3.05, 3.63) is 127 Å². The van der Waals surface area contributed by atoms with E-state index in [1.54, 1.807) is 0 Å². The Balaban J connectivity index is 0.00000289. The molecule has 164 valence electrons. The lowest BCUT2D eigenvalue weighted by Gasteiger charge is -2.27. The molecule has 0 fully saturated rings. The molecule has 0 amide bonds. The van der Waals surface area contributed by atoms with Crippen LogP contribution in [0.1, 0.15) is 31.2 Å². The van der Waals surface area contributed by atoms with Gasteiger partial charge in [-0.3, -0.25) is 0 Å². The van der Waals surface area contributed by atoms with Crippen LogP contribution in [-0.4, -0.2) is 6.16 Å². The Hall–Kier alpha value is -1.96. The van der Waals surface area contributed by atoms with Gasteiger partial charge in [0.2, 0.25) is 0 Å². The van der Waals surface area contributed by atoms with Crippen LogP contribution in [0.15, 0.2) is 121 Å². The van der Waals surface area contributed by atoms with Crippen LogP contribution in [0.3, 0.4) is 0 Å². The van der Waals surface area contributed by atoms with E-state index in [1.165, 1.54) is 59.7 Å². The maximum absolute atomic E-state index is 2.35. The van der Waals surface area contributed by atoms with Crippen LogP contribution in [0.4, 0.5) is 0 Å².